The summed E-state index contributed by atoms with van der Waals surface area (Å²) in [7, 11) is 0. The number of hydrogen-bond donors (Lipinski definition) is 0. The molecule has 0 saturated heterocycles. The molecule has 0 aliphatic heterocycles. The van der Waals surface area contributed by atoms with Crippen LogP contribution in [0.1, 0.15) is 4.88 Å². The van der Waals surface area contributed by atoms with Gasteiger partial charge in [-0.2, -0.15) is 22.0 Å². The van der Waals surface area contributed by atoms with Gasteiger partial charge in [-0.3, -0.25) is 4.79 Å². The average molecular weight is 323 g/mol. The van der Waals surface area contributed by atoms with Gasteiger partial charge in [-0.1, -0.05) is 0 Å². The molecular formula is C8H4BrF5OS. The van der Waals surface area contributed by atoms with Crippen LogP contribution < -0.4 is 0 Å². The fourth-order valence-electron chi connectivity index (χ4n) is 0.866. The zero-order valence-corrected chi connectivity index (χ0v) is 9.85. The van der Waals surface area contributed by atoms with Crippen LogP contribution >= 0.6 is 27.3 Å². The molecule has 0 radical (unpaired) electrons. The molecule has 0 bridgehead atoms. The van der Waals surface area contributed by atoms with Crippen molar-refractivity contribution in [2.24, 2.45) is 0 Å². The average Bonchev–Trinajstić information content (AvgIpc) is 2.49. The van der Waals surface area contributed by atoms with Crippen molar-refractivity contribution in [3.8, 4) is 0 Å². The highest BCUT2D eigenvalue weighted by Gasteiger charge is 2.62. The van der Waals surface area contributed by atoms with Crippen molar-refractivity contribution in [3.05, 3.63) is 20.8 Å². The van der Waals surface area contributed by atoms with Crippen molar-refractivity contribution in [1.82, 2.24) is 0 Å². The number of hydrogen-bond acceptors (Lipinski definition) is 2. The van der Waals surface area contributed by atoms with Gasteiger partial charge in [-0.15, -0.1) is 11.3 Å². The number of rotatable bonds is 3. The molecule has 0 aromatic carbocycles. The second kappa shape index (κ2) is 4.40. The molecule has 0 spiro atoms. The number of thiophene rings is 1. The fourth-order valence-corrected chi connectivity index (χ4v) is 2.36. The number of Topliss-reactive ketones (excluding diaryl/α,β-unsaturated/α-hetero) is 1. The van der Waals surface area contributed by atoms with Gasteiger partial charge in [-0.05, 0) is 27.4 Å². The van der Waals surface area contributed by atoms with Crippen molar-refractivity contribution in [2.75, 3.05) is 0 Å². The minimum absolute atomic E-state index is 0.147. The molecule has 0 unspecified atom stereocenters. The Labute approximate surface area is 99.4 Å². The summed E-state index contributed by atoms with van der Waals surface area (Å²) in [6.07, 6.45) is -6.78. The standard InChI is InChI=1S/C8H4BrF5OS/c9-4-1-2-16-5(4)3-6(15)7(10,11)8(12,13)14/h1-2H,3H2. The lowest BCUT2D eigenvalue weighted by Gasteiger charge is -2.17. The van der Waals surface area contributed by atoms with Gasteiger partial charge >= 0.3 is 12.1 Å². The van der Waals surface area contributed by atoms with Crippen LogP contribution in [-0.4, -0.2) is 17.9 Å². The third kappa shape index (κ3) is 2.60. The lowest BCUT2D eigenvalue weighted by atomic mass is 10.1. The third-order valence-electron chi connectivity index (χ3n) is 1.72. The maximum Gasteiger partial charge on any atom is 0.461 e. The third-order valence-corrected chi connectivity index (χ3v) is 3.64. The summed E-state index contributed by atoms with van der Waals surface area (Å²) < 4.78 is 61.0. The summed E-state index contributed by atoms with van der Waals surface area (Å²) in [4.78, 5) is 11.0. The highest BCUT2D eigenvalue weighted by atomic mass is 79.9. The summed E-state index contributed by atoms with van der Waals surface area (Å²) in [6, 6.07) is 1.47. The number of carbonyl (C=O) groups is 1. The van der Waals surface area contributed by atoms with E-state index in [1.807, 2.05) is 0 Å². The molecule has 90 valence electrons. The van der Waals surface area contributed by atoms with Crippen LogP contribution in [0.5, 0.6) is 0 Å². The van der Waals surface area contributed by atoms with Gasteiger partial charge in [0.1, 0.15) is 0 Å². The maximum atomic E-state index is 12.6. The molecule has 1 aromatic heterocycles. The van der Waals surface area contributed by atoms with Gasteiger partial charge < -0.3 is 0 Å². The SMILES string of the molecule is O=C(Cc1sccc1Br)C(F)(F)C(F)(F)F. The summed E-state index contributed by atoms with van der Waals surface area (Å²) >= 11 is 3.88. The van der Waals surface area contributed by atoms with Crippen molar-refractivity contribution >= 4 is 33.0 Å². The van der Waals surface area contributed by atoms with Crippen LogP contribution in [0.15, 0.2) is 15.9 Å². The summed E-state index contributed by atoms with van der Waals surface area (Å²) in [5.41, 5.74) is 0. The Morgan fingerprint density at radius 1 is 1.31 bits per heavy atom. The first kappa shape index (κ1) is 13.6. The molecule has 1 aromatic rings. The smallest absolute Gasteiger partial charge is 0.292 e. The minimum atomic E-state index is -5.84. The molecule has 0 N–H and O–H groups in total. The van der Waals surface area contributed by atoms with Crippen LogP contribution in [0.25, 0.3) is 0 Å². The van der Waals surface area contributed by atoms with Gasteiger partial charge in [0.15, 0.2) is 0 Å². The Bertz CT molecular complexity index is 397. The summed E-state index contributed by atoms with van der Waals surface area (Å²) in [5, 5.41) is 1.48. The van der Waals surface area contributed by atoms with Crippen molar-refractivity contribution < 1.29 is 26.7 Å². The topological polar surface area (TPSA) is 17.1 Å². The van der Waals surface area contributed by atoms with E-state index in [1.54, 1.807) is 0 Å². The van der Waals surface area contributed by atoms with Crippen LogP contribution in [0, 0.1) is 0 Å². The van der Waals surface area contributed by atoms with Gasteiger partial charge in [0.05, 0.1) is 0 Å². The van der Waals surface area contributed by atoms with E-state index in [0.717, 1.165) is 11.3 Å². The van der Waals surface area contributed by atoms with Gasteiger partial charge in [0.25, 0.3) is 0 Å². The van der Waals surface area contributed by atoms with Crippen molar-refractivity contribution in [2.45, 2.75) is 18.5 Å². The Kier molecular flexibility index (Phi) is 3.73. The lowest BCUT2D eigenvalue weighted by molar-refractivity contribution is -0.268. The minimum Gasteiger partial charge on any atom is -0.292 e. The number of carbonyl (C=O) groups excluding carboxylic acids is 1. The summed E-state index contributed by atoms with van der Waals surface area (Å²) in [6.45, 7) is 0. The van der Waals surface area contributed by atoms with E-state index in [9.17, 15) is 26.7 Å². The molecule has 1 heterocycles. The molecule has 16 heavy (non-hydrogen) atoms. The Morgan fingerprint density at radius 3 is 2.25 bits per heavy atom. The van der Waals surface area contributed by atoms with Crippen LogP contribution in [0.2, 0.25) is 0 Å². The van der Waals surface area contributed by atoms with E-state index in [-0.39, 0.29) is 4.88 Å². The van der Waals surface area contributed by atoms with E-state index in [0.29, 0.717) is 4.47 Å². The monoisotopic (exact) mass is 322 g/mol. The lowest BCUT2D eigenvalue weighted by Crippen LogP contribution is -2.44. The summed E-state index contributed by atoms with van der Waals surface area (Å²) in [5.74, 6) is -7.45. The number of ketones is 1. The van der Waals surface area contributed by atoms with E-state index < -0.39 is 24.3 Å². The van der Waals surface area contributed by atoms with Gasteiger partial charge in [0, 0.05) is 15.8 Å². The Hall–Kier alpha value is -0.500. The van der Waals surface area contributed by atoms with Gasteiger partial charge in [0.2, 0.25) is 5.78 Å². The number of alkyl halides is 5. The number of halogens is 6. The molecule has 0 amide bonds. The molecule has 0 atom stereocenters. The first-order chi connectivity index (χ1) is 7.16. The molecule has 0 aliphatic carbocycles. The molecular weight excluding hydrogens is 319 g/mol. The highest BCUT2D eigenvalue weighted by Crippen LogP contribution is 2.37. The van der Waals surface area contributed by atoms with Crippen LogP contribution in [0.4, 0.5) is 22.0 Å². The molecule has 1 rings (SSSR count). The zero-order chi connectivity index (χ0) is 12.6. The largest absolute Gasteiger partial charge is 0.461 e. The van der Waals surface area contributed by atoms with E-state index in [1.165, 1.54) is 11.4 Å². The molecule has 0 saturated carbocycles. The molecule has 0 aliphatic rings. The molecule has 1 nitrogen and oxygen atoms in total. The Balaban J connectivity index is 2.85. The predicted octanol–water partition coefficient (Wildman–Crippen LogP) is 3.82. The van der Waals surface area contributed by atoms with Crippen LogP contribution in [0.3, 0.4) is 0 Å². The maximum absolute atomic E-state index is 12.6. The predicted molar refractivity (Wildman–Crippen MR) is 51.7 cm³/mol. The second-order valence-electron chi connectivity index (χ2n) is 2.86. The molecule has 0 fully saturated rings. The first-order valence-electron chi connectivity index (χ1n) is 3.86. The normalized spacial score (nSPS) is 12.9. The van der Waals surface area contributed by atoms with E-state index in [4.69, 9.17) is 0 Å². The highest BCUT2D eigenvalue weighted by molar-refractivity contribution is 9.10. The Morgan fingerprint density at radius 2 is 1.88 bits per heavy atom. The van der Waals surface area contributed by atoms with Gasteiger partial charge in [-0.25, -0.2) is 0 Å². The second-order valence-corrected chi connectivity index (χ2v) is 4.72. The van der Waals surface area contributed by atoms with E-state index in [2.05, 4.69) is 15.9 Å². The first-order valence-corrected chi connectivity index (χ1v) is 5.53. The quantitative estimate of drug-likeness (QED) is 0.773. The molecule has 8 heteroatoms. The van der Waals surface area contributed by atoms with Crippen molar-refractivity contribution in [1.29, 1.82) is 0 Å². The van der Waals surface area contributed by atoms with Crippen LogP contribution in [-0.2, 0) is 11.2 Å². The van der Waals surface area contributed by atoms with E-state index >= 15 is 0 Å². The zero-order valence-electron chi connectivity index (χ0n) is 7.45. The van der Waals surface area contributed by atoms with Crippen molar-refractivity contribution in [3.63, 3.8) is 0 Å². The fraction of sp³-hybridized carbons (Fsp3) is 0.375.